The van der Waals surface area contributed by atoms with E-state index < -0.39 is 0 Å². The molecule has 1 amide bonds. The van der Waals surface area contributed by atoms with Crippen LogP contribution in [0.15, 0.2) is 18.3 Å². The van der Waals surface area contributed by atoms with Crippen molar-refractivity contribution in [3.05, 3.63) is 23.9 Å². The smallest absolute Gasteiger partial charge is 0.222 e. The number of anilines is 1. The molecule has 4 heteroatoms. The molecule has 0 bridgehead atoms. The summed E-state index contributed by atoms with van der Waals surface area (Å²) >= 11 is 0. The number of aromatic nitrogens is 1. The van der Waals surface area contributed by atoms with Gasteiger partial charge in [-0.25, -0.2) is 4.98 Å². The molecule has 0 aliphatic heterocycles. The van der Waals surface area contributed by atoms with Gasteiger partial charge in [0.05, 0.1) is 0 Å². The Balaban J connectivity index is 2.89. The first-order chi connectivity index (χ1) is 6.63. The van der Waals surface area contributed by atoms with Gasteiger partial charge in [0.25, 0.3) is 0 Å². The minimum atomic E-state index is -0.196. The monoisotopic (exact) mass is 192 g/mol. The van der Waals surface area contributed by atoms with Crippen LogP contribution in [0, 0.1) is 0 Å². The first-order valence-electron chi connectivity index (χ1n) is 4.40. The first kappa shape index (κ1) is 10.4. The number of pyridine rings is 1. The molecule has 0 saturated carbocycles. The minimum Gasteiger partial charge on any atom is -0.311 e. The van der Waals surface area contributed by atoms with Crippen LogP contribution in [0.4, 0.5) is 5.82 Å². The summed E-state index contributed by atoms with van der Waals surface area (Å²) in [5.74, 6) is 0.259. The predicted molar refractivity (Wildman–Crippen MR) is 53.2 cm³/mol. The van der Waals surface area contributed by atoms with Gasteiger partial charge >= 0.3 is 0 Å². The molecule has 1 rings (SSSR count). The molecule has 1 heterocycles. The maximum Gasteiger partial charge on any atom is 0.222 e. The molecule has 0 aliphatic carbocycles. The van der Waals surface area contributed by atoms with Crippen LogP contribution < -0.4 is 5.32 Å². The molecule has 0 radical (unpaired) electrons. The molecule has 74 valence electrons. The van der Waals surface area contributed by atoms with Crippen molar-refractivity contribution < 1.29 is 9.59 Å². The van der Waals surface area contributed by atoms with Crippen molar-refractivity contribution in [1.82, 2.24) is 4.98 Å². The van der Waals surface area contributed by atoms with Crippen LogP contribution in [0.1, 0.15) is 30.6 Å². The van der Waals surface area contributed by atoms with Crippen molar-refractivity contribution in [1.29, 1.82) is 0 Å². The average molecular weight is 192 g/mol. The molecule has 1 aromatic heterocycles. The van der Waals surface area contributed by atoms with E-state index in [4.69, 9.17) is 0 Å². The summed E-state index contributed by atoms with van der Waals surface area (Å²) in [4.78, 5) is 26.0. The lowest BCUT2D eigenvalue weighted by Crippen LogP contribution is -2.08. The Kier molecular flexibility index (Phi) is 3.34. The number of carbonyl (C=O) groups excluding carboxylic acids is 2. The molecular formula is C10H12N2O2. The Morgan fingerprint density at radius 1 is 1.50 bits per heavy atom. The quantitative estimate of drug-likeness (QED) is 0.740. The van der Waals surface area contributed by atoms with Crippen LogP contribution in [-0.2, 0) is 4.79 Å². The second kappa shape index (κ2) is 4.50. The van der Waals surface area contributed by atoms with E-state index in [1.165, 1.54) is 13.1 Å². The third-order valence-corrected chi connectivity index (χ3v) is 1.71. The molecule has 0 saturated heterocycles. The Morgan fingerprint density at radius 2 is 2.21 bits per heavy atom. The Hall–Kier alpha value is -1.71. The maximum atomic E-state index is 11.3. The summed E-state index contributed by atoms with van der Waals surface area (Å²) in [7, 11) is 0. The lowest BCUT2D eigenvalue weighted by Gasteiger charge is -2.02. The van der Waals surface area contributed by atoms with Crippen molar-refractivity contribution in [3.63, 3.8) is 0 Å². The van der Waals surface area contributed by atoms with Crippen LogP contribution in [0.2, 0.25) is 0 Å². The highest BCUT2D eigenvalue weighted by Crippen LogP contribution is 2.08. The fraction of sp³-hybridized carbons (Fsp3) is 0.300. The van der Waals surface area contributed by atoms with Gasteiger partial charge < -0.3 is 5.32 Å². The largest absolute Gasteiger partial charge is 0.311 e. The van der Waals surface area contributed by atoms with Crippen LogP contribution >= 0.6 is 0 Å². The van der Waals surface area contributed by atoms with Crippen molar-refractivity contribution in [3.8, 4) is 0 Å². The van der Waals surface area contributed by atoms with Gasteiger partial charge in [0.2, 0.25) is 5.91 Å². The predicted octanol–water partition coefficient (Wildman–Crippen LogP) is 1.63. The number of Topliss-reactive ketones (excluding diaryl/α,β-unsaturated/α-hetero) is 1. The van der Waals surface area contributed by atoms with Gasteiger partial charge in [-0.3, -0.25) is 9.59 Å². The molecular weight excluding hydrogens is 180 g/mol. The molecule has 4 nitrogen and oxygen atoms in total. The van der Waals surface area contributed by atoms with Crippen molar-refractivity contribution in [2.45, 2.75) is 20.3 Å². The number of rotatable bonds is 3. The Morgan fingerprint density at radius 3 is 2.79 bits per heavy atom. The summed E-state index contributed by atoms with van der Waals surface area (Å²) in [6.45, 7) is 3.19. The number of hydrogen-bond acceptors (Lipinski definition) is 3. The molecule has 0 aromatic carbocycles. The molecule has 0 unspecified atom stereocenters. The average Bonchev–Trinajstić information content (AvgIpc) is 2.16. The van der Waals surface area contributed by atoms with Crippen molar-refractivity contribution in [2.24, 2.45) is 0 Å². The topological polar surface area (TPSA) is 59.1 Å². The number of ketones is 1. The van der Waals surface area contributed by atoms with Gasteiger partial charge in [0.1, 0.15) is 5.82 Å². The Labute approximate surface area is 82.3 Å². The van der Waals surface area contributed by atoms with E-state index in [9.17, 15) is 9.59 Å². The number of carbonyl (C=O) groups is 2. The summed E-state index contributed by atoms with van der Waals surface area (Å²) in [6, 6.07) is 3.21. The zero-order valence-corrected chi connectivity index (χ0v) is 8.20. The van der Waals surface area contributed by atoms with Gasteiger partial charge in [0.15, 0.2) is 5.78 Å². The minimum absolute atomic E-state index is 0.0407. The zero-order chi connectivity index (χ0) is 10.6. The standard InChI is InChI=1S/C10H12N2O2/c1-3-9(14)8-4-5-11-10(6-8)12-7(2)13/h4-6H,3H2,1-2H3,(H,11,12,13). The highest BCUT2D eigenvalue weighted by Gasteiger charge is 2.04. The molecule has 0 aliphatic rings. The molecule has 0 atom stereocenters. The zero-order valence-electron chi connectivity index (χ0n) is 8.20. The maximum absolute atomic E-state index is 11.3. The summed E-state index contributed by atoms with van der Waals surface area (Å²) < 4.78 is 0. The van der Waals surface area contributed by atoms with Crippen molar-refractivity contribution in [2.75, 3.05) is 5.32 Å². The first-order valence-corrected chi connectivity index (χ1v) is 4.40. The normalized spacial score (nSPS) is 9.57. The molecule has 0 fully saturated rings. The van der Waals surface area contributed by atoms with Crippen LogP contribution in [0.25, 0.3) is 0 Å². The third kappa shape index (κ3) is 2.65. The van der Waals surface area contributed by atoms with Gasteiger partial charge in [0, 0.05) is 25.1 Å². The highest BCUT2D eigenvalue weighted by atomic mass is 16.1. The number of hydrogen-bond donors (Lipinski definition) is 1. The van der Waals surface area contributed by atoms with E-state index in [1.807, 2.05) is 0 Å². The summed E-state index contributed by atoms with van der Waals surface area (Å²) in [6.07, 6.45) is 1.96. The summed E-state index contributed by atoms with van der Waals surface area (Å²) in [5, 5.41) is 2.52. The van der Waals surface area contributed by atoms with Crippen LogP contribution in [0.3, 0.4) is 0 Å². The number of amides is 1. The Bertz CT molecular complexity index is 361. The highest BCUT2D eigenvalue weighted by molar-refractivity contribution is 5.97. The van der Waals surface area contributed by atoms with Gasteiger partial charge in [-0.2, -0.15) is 0 Å². The van der Waals surface area contributed by atoms with E-state index >= 15 is 0 Å². The lowest BCUT2D eigenvalue weighted by atomic mass is 10.1. The second-order valence-electron chi connectivity index (χ2n) is 2.89. The van der Waals surface area contributed by atoms with Gasteiger partial charge in [-0.05, 0) is 12.1 Å². The van der Waals surface area contributed by atoms with Gasteiger partial charge in [-0.15, -0.1) is 0 Å². The third-order valence-electron chi connectivity index (χ3n) is 1.71. The van der Waals surface area contributed by atoms with Crippen molar-refractivity contribution >= 4 is 17.5 Å². The second-order valence-corrected chi connectivity index (χ2v) is 2.89. The lowest BCUT2D eigenvalue weighted by molar-refractivity contribution is -0.114. The van der Waals surface area contributed by atoms with Gasteiger partial charge in [-0.1, -0.05) is 6.92 Å². The van der Waals surface area contributed by atoms with E-state index in [2.05, 4.69) is 10.3 Å². The molecule has 0 spiro atoms. The van der Waals surface area contributed by atoms with E-state index in [0.29, 0.717) is 17.8 Å². The number of nitrogens with zero attached hydrogens (tertiary/aromatic N) is 1. The fourth-order valence-corrected chi connectivity index (χ4v) is 1.06. The van der Waals surface area contributed by atoms with Crippen LogP contribution in [-0.4, -0.2) is 16.7 Å². The number of nitrogens with one attached hydrogen (secondary N) is 1. The molecule has 1 aromatic rings. The SMILES string of the molecule is CCC(=O)c1ccnc(NC(C)=O)c1. The molecule has 1 N–H and O–H groups in total. The summed E-state index contributed by atoms with van der Waals surface area (Å²) in [5.41, 5.74) is 0.575. The van der Waals surface area contributed by atoms with Crippen LogP contribution in [0.5, 0.6) is 0 Å². The van der Waals surface area contributed by atoms with E-state index in [1.54, 1.807) is 19.1 Å². The van der Waals surface area contributed by atoms with E-state index in [-0.39, 0.29) is 11.7 Å². The molecule has 14 heavy (non-hydrogen) atoms. The fourth-order valence-electron chi connectivity index (χ4n) is 1.06. The van der Waals surface area contributed by atoms with E-state index in [0.717, 1.165) is 0 Å².